The van der Waals surface area contributed by atoms with Crippen molar-refractivity contribution in [2.75, 3.05) is 0 Å². The molecule has 0 amide bonds. The number of hydrogen-bond donors (Lipinski definition) is 3. The second-order valence-electron chi connectivity index (χ2n) is 6.79. The van der Waals surface area contributed by atoms with Gasteiger partial charge in [0.05, 0.1) is 4.92 Å². The van der Waals surface area contributed by atoms with Crippen molar-refractivity contribution in [3.05, 3.63) is 70.3 Å². The van der Waals surface area contributed by atoms with E-state index in [9.17, 15) is 38.1 Å². The number of hydrogen-bond acceptors (Lipinski definition) is 10. The predicted octanol–water partition coefficient (Wildman–Crippen LogP) is 3.49. The molecule has 0 unspecified atom stereocenters. The molecule has 3 N–H and O–H groups in total. The molecule has 169 valence electrons. The van der Waals surface area contributed by atoms with Crippen LogP contribution in [0.1, 0.15) is 10.4 Å². The van der Waals surface area contributed by atoms with Gasteiger partial charge in [-0.05, 0) is 12.1 Å². The van der Waals surface area contributed by atoms with Crippen molar-refractivity contribution in [3.8, 4) is 5.75 Å². The van der Waals surface area contributed by atoms with Gasteiger partial charge in [0.15, 0.2) is 0 Å². The summed E-state index contributed by atoms with van der Waals surface area (Å²) < 4.78 is 33.4. The quantitative estimate of drug-likeness (QED) is 0.139. The molecule has 13 nitrogen and oxygen atoms in total. The average Bonchev–Trinajstić information content (AvgIpc) is 2.77. The molecule has 3 aromatic rings. The molecule has 3 rings (SSSR count). The zero-order valence-electron chi connectivity index (χ0n) is 18.2. The fourth-order valence-corrected chi connectivity index (χ4v) is 4.05. The van der Waals surface area contributed by atoms with Crippen molar-refractivity contribution in [1.82, 2.24) is 0 Å². The van der Waals surface area contributed by atoms with Crippen LogP contribution in [-0.4, -0.2) is 91.6 Å². The monoisotopic (exact) mass is 516 g/mol. The Morgan fingerprint density at radius 3 is 2.09 bits per heavy atom. The number of nitro groups is 1. The van der Waals surface area contributed by atoms with Crippen LogP contribution < -0.4 is 2.81 Å². The Morgan fingerprint density at radius 1 is 0.914 bits per heavy atom. The number of carbonyl (C=O) groups is 1. The minimum absolute atomic E-state index is 0. The van der Waals surface area contributed by atoms with Crippen molar-refractivity contribution in [1.29, 1.82) is 0 Å². The number of benzene rings is 3. The minimum atomic E-state index is -4.59. The molecule has 1 radical (unpaired) electrons. The second kappa shape index (κ2) is 11.9. The van der Waals surface area contributed by atoms with Gasteiger partial charge in [0.25, 0.3) is 5.69 Å². The molecule has 0 aliphatic rings. The van der Waals surface area contributed by atoms with Gasteiger partial charge in [0.1, 0.15) is 0 Å². The summed E-state index contributed by atoms with van der Waals surface area (Å²) in [6.45, 7) is 0. The van der Waals surface area contributed by atoms with Gasteiger partial charge in [-0.15, -0.1) is 0 Å². The van der Waals surface area contributed by atoms with Crippen LogP contribution in [0.2, 0.25) is 0 Å². The summed E-state index contributed by atoms with van der Waals surface area (Å²) in [6.07, 6.45) is 0. The zero-order chi connectivity index (χ0) is 25.0. The summed E-state index contributed by atoms with van der Waals surface area (Å²) in [5.41, 5.74) is -1.13. The van der Waals surface area contributed by atoms with Gasteiger partial charge in [-0.25, -0.2) is 0 Å². The van der Waals surface area contributed by atoms with Crippen LogP contribution in [-0.2, 0) is 10.1 Å². The summed E-state index contributed by atoms with van der Waals surface area (Å²) in [4.78, 5) is 21.2. The van der Waals surface area contributed by atoms with Gasteiger partial charge in [-0.1, -0.05) is 0 Å². The number of azo groups is 2. The molecule has 0 aromatic heterocycles. The third-order valence-electron chi connectivity index (χ3n) is 4.31. The van der Waals surface area contributed by atoms with E-state index in [1.54, 1.807) is 6.07 Å². The molecule has 0 saturated heterocycles. The number of nitro benzene ring substituents is 1. The summed E-state index contributed by atoms with van der Waals surface area (Å²) in [6, 6.07) is 11.3. The number of non-ortho nitro benzene ring substituents is 1. The largest absolute Gasteiger partial charge is 0 e. The van der Waals surface area contributed by atoms with Crippen molar-refractivity contribution in [3.63, 3.8) is 0 Å². The van der Waals surface area contributed by atoms with Gasteiger partial charge in [0, 0.05) is 41.7 Å². The number of nitrogens with zero attached hydrogens (tertiary/aromatic N) is 5. The Morgan fingerprint density at radius 2 is 1.51 bits per heavy atom. The summed E-state index contributed by atoms with van der Waals surface area (Å²) in [5, 5.41) is 45.6. The van der Waals surface area contributed by atoms with Crippen LogP contribution in [0.15, 0.2) is 79.9 Å². The van der Waals surface area contributed by atoms with E-state index < -0.39 is 37.2 Å². The smallest absolute Gasteiger partial charge is 0 e. The van der Waals surface area contributed by atoms with E-state index in [4.69, 9.17) is 0 Å². The SMILES string of the molecule is O=C(O)c1cc(N=Nc2cc[c]([Na])cc2S(=O)(=O)O)cc(N=Nc2ccc([N+](=O)[O-])cc2)c1O.[Na]. The molecule has 0 atom stereocenters. The molecular weight excluding hydrogens is 504 g/mol. The number of carboxylic acids is 1. The molecule has 35 heavy (non-hydrogen) atoms. The van der Waals surface area contributed by atoms with Crippen LogP contribution in [0.3, 0.4) is 0 Å². The van der Waals surface area contributed by atoms with Crippen molar-refractivity contribution >= 4 is 105 Å². The molecule has 3 aromatic carbocycles. The molecule has 0 heterocycles. The van der Waals surface area contributed by atoms with Crippen molar-refractivity contribution in [2.45, 2.75) is 4.90 Å². The van der Waals surface area contributed by atoms with Crippen LogP contribution in [0.5, 0.6) is 5.75 Å². The first-order chi connectivity index (χ1) is 16.0. The zero-order valence-corrected chi connectivity index (χ0v) is 23.0. The van der Waals surface area contributed by atoms with Crippen LogP contribution >= 0.6 is 0 Å². The number of phenols is 1. The topological polar surface area (TPSA) is 204 Å². The number of aromatic hydroxyl groups is 1. The predicted molar refractivity (Wildman–Crippen MR) is 124 cm³/mol. The average molecular weight is 516 g/mol. The molecule has 0 spiro atoms. The maximum Gasteiger partial charge on any atom is 0 e. The van der Waals surface area contributed by atoms with Gasteiger partial charge in [-0.2, -0.15) is 0 Å². The van der Waals surface area contributed by atoms with E-state index in [1.807, 2.05) is 0 Å². The molecule has 0 saturated carbocycles. The van der Waals surface area contributed by atoms with Gasteiger partial charge >= 0.3 is 165 Å². The van der Waals surface area contributed by atoms with E-state index in [0.29, 0.717) is 30.7 Å². The van der Waals surface area contributed by atoms with Crippen molar-refractivity contribution < 1.29 is 32.9 Å². The van der Waals surface area contributed by atoms with Crippen LogP contribution in [0.4, 0.5) is 28.4 Å². The molecule has 16 heteroatoms. The third kappa shape index (κ3) is 7.46. The van der Waals surface area contributed by atoms with E-state index in [-0.39, 0.29) is 58.0 Å². The molecule has 0 bridgehead atoms. The number of rotatable bonds is 7. The first kappa shape index (κ1) is 28.7. The first-order valence-corrected chi connectivity index (χ1v) is 11.7. The Labute approximate surface area is 237 Å². The van der Waals surface area contributed by atoms with E-state index in [1.165, 1.54) is 36.4 Å². The van der Waals surface area contributed by atoms with Gasteiger partial charge < -0.3 is 0 Å². The standard InChI is InChI=1S/C19H12N5O8S.2Na/c25-18-14(19(26)27)9-12(21-22-15-3-1-2-4-17(15)33(30,31)32)10-16(18)23-20-11-5-7-13(8-6-11)24(28)29;;/h1,3-10,25H,(H,26,27)(H,30,31,32);;. The van der Waals surface area contributed by atoms with E-state index in [0.717, 1.165) is 12.1 Å². The van der Waals surface area contributed by atoms with Gasteiger partial charge in [-0.3, -0.25) is 10.1 Å². The van der Waals surface area contributed by atoms with E-state index in [2.05, 4.69) is 20.5 Å². The van der Waals surface area contributed by atoms with Gasteiger partial charge in [0.2, 0.25) is 0 Å². The summed E-state index contributed by atoms with van der Waals surface area (Å²) in [7, 11) is -4.59. The molecule has 0 aliphatic heterocycles. The minimum Gasteiger partial charge on any atom is 0 e. The third-order valence-corrected chi connectivity index (χ3v) is 5.81. The molecular formula is C19H12N5Na2O8S. The summed E-state index contributed by atoms with van der Waals surface area (Å²) in [5.74, 6) is -2.21. The Bertz CT molecular complexity index is 1460. The number of aromatic carboxylic acids is 1. The maximum atomic E-state index is 11.6. The van der Waals surface area contributed by atoms with E-state index >= 15 is 0 Å². The Hall–Kier alpha value is -2.56. The van der Waals surface area contributed by atoms with Crippen LogP contribution in [0.25, 0.3) is 0 Å². The fraction of sp³-hybridized carbons (Fsp3) is 0. The second-order valence-corrected chi connectivity index (χ2v) is 9.33. The normalized spacial score (nSPS) is 11.5. The number of carboxylic acid groups (broad SMARTS) is 1. The Kier molecular flexibility index (Phi) is 9.76. The fourth-order valence-electron chi connectivity index (χ4n) is 2.68. The maximum absolute atomic E-state index is 11.6. The van der Waals surface area contributed by atoms with Crippen molar-refractivity contribution in [2.24, 2.45) is 20.5 Å². The first-order valence-electron chi connectivity index (χ1n) is 9.22. The summed E-state index contributed by atoms with van der Waals surface area (Å²) >= 11 is 0.519. The molecule has 0 fully saturated rings. The van der Waals surface area contributed by atoms with Crippen LogP contribution in [0, 0.1) is 10.1 Å². The Balaban J connectivity index is 0.00000432. The molecule has 0 aliphatic carbocycles.